The number of nitrogens with two attached hydrogens (primary N) is 2. The SMILES string of the molecule is CCOC(=O)C(=CN)C(=Nc1cccc(-c2cccc(CO)c2F)c1)[C@H]1CC1C(C=NC)=NN. The molecule has 8 nitrogen and oxygen atoms in total. The first-order valence-corrected chi connectivity index (χ1v) is 10.9. The number of hydrazone groups is 1. The third kappa shape index (κ3) is 5.37. The highest BCUT2D eigenvalue weighted by atomic mass is 19.1. The Morgan fingerprint density at radius 3 is 2.68 bits per heavy atom. The Morgan fingerprint density at radius 1 is 1.26 bits per heavy atom. The van der Waals surface area contributed by atoms with Crippen LogP contribution in [0.3, 0.4) is 0 Å². The molecule has 34 heavy (non-hydrogen) atoms. The lowest BCUT2D eigenvalue weighted by atomic mass is 10.0. The van der Waals surface area contributed by atoms with Crippen molar-refractivity contribution in [1.82, 2.24) is 0 Å². The number of ether oxygens (including phenoxy) is 1. The van der Waals surface area contributed by atoms with Crippen molar-refractivity contribution in [2.24, 2.45) is 38.5 Å². The lowest BCUT2D eigenvalue weighted by molar-refractivity contribution is -0.137. The minimum atomic E-state index is -0.581. The Morgan fingerprint density at radius 2 is 2.03 bits per heavy atom. The maximum Gasteiger partial charge on any atom is 0.341 e. The summed E-state index contributed by atoms with van der Waals surface area (Å²) in [7, 11) is 1.62. The largest absolute Gasteiger partial charge is 0.462 e. The van der Waals surface area contributed by atoms with E-state index in [2.05, 4.69) is 10.1 Å². The summed E-state index contributed by atoms with van der Waals surface area (Å²) in [5, 5.41) is 13.2. The van der Waals surface area contributed by atoms with Crippen molar-refractivity contribution in [3.8, 4) is 11.1 Å². The van der Waals surface area contributed by atoms with Crippen LogP contribution in [0.5, 0.6) is 0 Å². The minimum Gasteiger partial charge on any atom is -0.462 e. The number of carbonyl (C=O) groups is 1. The zero-order chi connectivity index (χ0) is 24.7. The van der Waals surface area contributed by atoms with E-state index in [1.165, 1.54) is 12.3 Å². The summed E-state index contributed by atoms with van der Waals surface area (Å²) in [5.41, 5.74) is 8.63. The van der Waals surface area contributed by atoms with Gasteiger partial charge in [0.25, 0.3) is 0 Å². The van der Waals surface area contributed by atoms with Gasteiger partial charge in [0.1, 0.15) is 5.82 Å². The highest BCUT2D eigenvalue weighted by Crippen LogP contribution is 2.43. The molecule has 0 amide bonds. The second kappa shape index (κ2) is 11.3. The van der Waals surface area contributed by atoms with Gasteiger partial charge in [0, 0.05) is 42.4 Å². The van der Waals surface area contributed by atoms with Crippen LogP contribution in [0.25, 0.3) is 11.1 Å². The monoisotopic (exact) mass is 465 g/mol. The van der Waals surface area contributed by atoms with E-state index in [1.807, 2.05) is 0 Å². The number of aliphatic imine (C=N–C) groups is 2. The first-order valence-electron chi connectivity index (χ1n) is 10.9. The first-order chi connectivity index (χ1) is 16.5. The Balaban J connectivity index is 2.06. The number of benzene rings is 2. The molecule has 5 N–H and O–H groups in total. The van der Waals surface area contributed by atoms with Gasteiger partial charge < -0.3 is 21.4 Å². The fourth-order valence-corrected chi connectivity index (χ4v) is 3.80. The molecule has 0 radical (unpaired) electrons. The summed E-state index contributed by atoms with van der Waals surface area (Å²) >= 11 is 0. The van der Waals surface area contributed by atoms with E-state index >= 15 is 0 Å². The topological polar surface area (TPSA) is 136 Å². The lowest BCUT2D eigenvalue weighted by Gasteiger charge is -2.11. The maximum atomic E-state index is 14.8. The minimum absolute atomic E-state index is 0.0707. The van der Waals surface area contributed by atoms with E-state index < -0.39 is 18.4 Å². The molecule has 0 spiro atoms. The smallest absolute Gasteiger partial charge is 0.341 e. The van der Waals surface area contributed by atoms with Crippen molar-refractivity contribution in [1.29, 1.82) is 0 Å². The normalized spacial score (nSPS) is 18.9. The molecule has 1 aliphatic rings. The van der Waals surface area contributed by atoms with Gasteiger partial charge in [-0.15, -0.1) is 0 Å². The van der Waals surface area contributed by atoms with Crippen molar-refractivity contribution in [2.45, 2.75) is 20.0 Å². The Hall–Kier alpha value is -3.85. The average molecular weight is 466 g/mol. The summed E-state index contributed by atoms with van der Waals surface area (Å²) < 4.78 is 20.0. The van der Waals surface area contributed by atoms with Crippen LogP contribution in [0.2, 0.25) is 0 Å². The van der Waals surface area contributed by atoms with Crippen LogP contribution in [0.4, 0.5) is 10.1 Å². The fourth-order valence-electron chi connectivity index (χ4n) is 3.80. The van der Waals surface area contributed by atoms with E-state index in [9.17, 15) is 14.3 Å². The van der Waals surface area contributed by atoms with Crippen LogP contribution < -0.4 is 11.6 Å². The second-order valence-electron chi connectivity index (χ2n) is 7.67. The predicted octanol–water partition coefficient (Wildman–Crippen LogP) is 3.11. The standard InChI is InChI=1S/C25H28FN5O3/c1-3-34-25(33)21(12-27)24(20-11-19(20)22(31-28)13-29-2)30-17-8-4-6-15(10-17)18-9-5-7-16(14-32)23(18)26/h4-10,12-13,19-20,32H,3,11,14,27-28H2,1-2H3/t19?,20-/m0/s1. The highest BCUT2D eigenvalue weighted by molar-refractivity contribution is 6.34. The molecule has 0 aromatic heterocycles. The molecule has 2 atom stereocenters. The molecule has 2 aromatic carbocycles. The van der Waals surface area contributed by atoms with Gasteiger partial charge >= 0.3 is 5.97 Å². The number of aliphatic hydroxyl groups is 1. The van der Waals surface area contributed by atoms with Crippen molar-refractivity contribution in [2.75, 3.05) is 13.7 Å². The molecule has 2 aromatic rings. The van der Waals surface area contributed by atoms with Gasteiger partial charge in [-0.05, 0) is 31.0 Å². The molecule has 0 heterocycles. The maximum absolute atomic E-state index is 14.8. The van der Waals surface area contributed by atoms with Crippen LogP contribution in [-0.4, -0.2) is 42.4 Å². The van der Waals surface area contributed by atoms with E-state index in [-0.39, 0.29) is 29.6 Å². The third-order valence-corrected chi connectivity index (χ3v) is 5.53. The average Bonchev–Trinajstić information content (AvgIpc) is 3.63. The number of rotatable bonds is 9. The van der Waals surface area contributed by atoms with E-state index in [0.717, 1.165) is 0 Å². The van der Waals surface area contributed by atoms with Gasteiger partial charge in [-0.1, -0.05) is 30.3 Å². The Bertz CT molecular complexity index is 1170. The zero-order valence-electron chi connectivity index (χ0n) is 19.1. The molecular formula is C25H28FN5O3. The highest BCUT2D eigenvalue weighted by Gasteiger charge is 2.46. The van der Waals surface area contributed by atoms with Crippen LogP contribution in [0.15, 0.2) is 69.3 Å². The Labute approximate surface area is 197 Å². The van der Waals surface area contributed by atoms with Crippen molar-refractivity contribution in [3.05, 3.63) is 65.6 Å². The number of esters is 1. The fraction of sp³-hybridized carbons (Fsp3) is 0.280. The molecule has 1 fully saturated rings. The van der Waals surface area contributed by atoms with Gasteiger partial charge in [0.2, 0.25) is 0 Å². The second-order valence-corrected chi connectivity index (χ2v) is 7.67. The number of carbonyl (C=O) groups excluding carboxylic acids is 1. The van der Waals surface area contributed by atoms with Crippen LogP contribution in [-0.2, 0) is 16.1 Å². The van der Waals surface area contributed by atoms with Crippen molar-refractivity contribution >= 4 is 29.3 Å². The molecule has 3 rings (SSSR count). The van der Waals surface area contributed by atoms with E-state index in [1.54, 1.807) is 56.6 Å². The van der Waals surface area contributed by atoms with Crippen molar-refractivity contribution < 1.29 is 19.0 Å². The quantitative estimate of drug-likeness (QED) is 0.172. The molecule has 1 aliphatic carbocycles. The third-order valence-electron chi connectivity index (χ3n) is 5.53. The molecule has 0 bridgehead atoms. The van der Waals surface area contributed by atoms with Crippen molar-refractivity contribution in [3.63, 3.8) is 0 Å². The summed E-state index contributed by atoms with van der Waals surface area (Å²) in [5.74, 6) is 4.21. The van der Waals surface area contributed by atoms with Gasteiger partial charge in [-0.2, -0.15) is 5.10 Å². The van der Waals surface area contributed by atoms with Crippen LogP contribution in [0, 0.1) is 17.7 Å². The molecule has 0 aliphatic heterocycles. The van der Waals surface area contributed by atoms with E-state index in [0.29, 0.717) is 34.7 Å². The predicted molar refractivity (Wildman–Crippen MR) is 131 cm³/mol. The lowest BCUT2D eigenvalue weighted by Crippen LogP contribution is -2.21. The molecule has 1 saturated carbocycles. The molecular weight excluding hydrogens is 437 g/mol. The molecule has 0 saturated heterocycles. The number of nitrogens with zero attached hydrogens (tertiary/aromatic N) is 3. The van der Waals surface area contributed by atoms with Crippen LogP contribution >= 0.6 is 0 Å². The zero-order valence-corrected chi connectivity index (χ0v) is 19.1. The molecule has 9 heteroatoms. The first kappa shape index (κ1) is 24.8. The van der Waals surface area contributed by atoms with E-state index in [4.69, 9.17) is 21.3 Å². The summed E-state index contributed by atoms with van der Waals surface area (Å²) in [6.07, 6.45) is 3.42. The number of hydrogen-bond donors (Lipinski definition) is 3. The van der Waals surface area contributed by atoms with Gasteiger partial charge in [-0.3, -0.25) is 9.98 Å². The van der Waals surface area contributed by atoms with Crippen LogP contribution in [0.1, 0.15) is 18.9 Å². The van der Waals surface area contributed by atoms with Gasteiger partial charge in [0.05, 0.1) is 35.9 Å². The molecule has 1 unspecified atom stereocenters. The number of aliphatic hydroxyl groups excluding tert-OH is 1. The van der Waals surface area contributed by atoms with Gasteiger partial charge in [-0.25, -0.2) is 9.18 Å². The Kier molecular flexibility index (Phi) is 8.26. The summed E-state index contributed by atoms with van der Waals surface area (Å²) in [6.45, 7) is 1.49. The summed E-state index contributed by atoms with van der Waals surface area (Å²) in [4.78, 5) is 21.3. The molecule has 178 valence electrons. The van der Waals surface area contributed by atoms with Gasteiger partial charge in [0.15, 0.2) is 0 Å². The number of hydrogen-bond acceptors (Lipinski definition) is 8. The number of halogens is 1. The summed E-state index contributed by atoms with van der Waals surface area (Å²) in [6, 6.07) is 11.8.